The zero-order chi connectivity index (χ0) is 13.5. The Bertz CT molecular complexity index is 245. The fourth-order valence-electron chi connectivity index (χ4n) is 2.69. The van der Waals surface area contributed by atoms with Crippen LogP contribution in [0.1, 0.15) is 40.5 Å². The molecule has 1 heterocycles. The van der Waals surface area contributed by atoms with Gasteiger partial charge in [0.05, 0.1) is 0 Å². The third-order valence-electron chi connectivity index (χ3n) is 3.89. The molecule has 4 nitrogen and oxygen atoms in total. The summed E-state index contributed by atoms with van der Waals surface area (Å²) >= 11 is 0. The number of likely N-dealkylation sites (tertiary alicyclic amines) is 1. The molecule has 18 heavy (non-hydrogen) atoms. The summed E-state index contributed by atoms with van der Waals surface area (Å²) < 4.78 is 0. The second kappa shape index (κ2) is 7.74. The molecule has 1 N–H and O–H groups in total. The molecule has 1 fully saturated rings. The zero-order valence-electron chi connectivity index (χ0n) is 12.4. The number of nitrogens with one attached hydrogen (secondary N) is 1. The van der Waals surface area contributed by atoms with E-state index in [0.29, 0.717) is 12.1 Å². The maximum Gasteiger partial charge on any atom is 0.219 e. The van der Waals surface area contributed by atoms with Gasteiger partial charge < -0.3 is 15.1 Å². The fourth-order valence-corrected chi connectivity index (χ4v) is 2.69. The van der Waals surface area contributed by atoms with Gasteiger partial charge in [-0.1, -0.05) is 13.8 Å². The van der Waals surface area contributed by atoms with E-state index in [9.17, 15) is 4.79 Å². The third-order valence-corrected chi connectivity index (χ3v) is 3.89. The summed E-state index contributed by atoms with van der Waals surface area (Å²) in [6.45, 7) is 13.5. The summed E-state index contributed by atoms with van der Waals surface area (Å²) in [6.07, 6.45) is 2.17. The van der Waals surface area contributed by atoms with Crippen molar-refractivity contribution in [3.05, 3.63) is 0 Å². The second-order valence-electron chi connectivity index (χ2n) is 5.33. The summed E-state index contributed by atoms with van der Waals surface area (Å²) in [5.74, 6) is 0.213. The van der Waals surface area contributed by atoms with E-state index in [2.05, 4.69) is 31.0 Å². The summed E-state index contributed by atoms with van der Waals surface area (Å²) in [6, 6.07) is 1.10. The van der Waals surface area contributed by atoms with Gasteiger partial charge >= 0.3 is 0 Å². The Morgan fingerprint density at radius 1 is 1.33 bits per heavy atom. The van der Waals surface area contributed by atoms with Crippen LogP contribution in [-0.2, 0) is 4.79 Å². The quantitative estimate of drug-likeness (QED) is 0.777. The summed E-state index contributed by atoms with van der Waals surface area (Å²) in [4.78, 5) is 15.6. The lowest BCUT2D eigenvalue weighted by Crippen LogP contribution is -2.49. The first-order valence-electron chi connectivity index (χ1n) is 7.30. The van der Waals surface area contributed by atoms with Gasteiger partial charge in [-0.2, -0.15) is 0 Å². The number of amides is 1. The number of hydrogen-bond donors (Lipinski definition) is 1. The van der Waals surface area contributed by atoms with Crippen molar-refractivity contribution in [2.75, 3.05) is 32.7 Å². The molecule has 1 amide bonds. The SMILES string of the molecule is CCN(CC)CC(C)NC1CCN(C(C)=O)CC1. The van der Waals surface area contributed by atoms with Crippen LogP contribution in [0.3, 0.4) is 0 Å². The number of carbonyl (C=O) groups excluding carboxylic acids is 1. The van der Waals surface area contributed by atoms with Crippen molar-refractivity contribution >= 4 is 5.91 Å². The van der Waals surface area contributed by atoms with E-state index in [0.717, 1.165) is 45.6 Å². The molecular weight excluding hydrogens is 226 g/mol. The topological polar surface area (TPSA) is 35.6 Å². The molecule has 0 aromatic carbocycles. The molecule has 0 aromatic rings. The van der Waals surface area contributed by atoms with E-state index in [4.69, 9.17) is 0 Å². The molecule has 0 aromatic heterocycles. The minimum absolute atomic E-state index is 0.213. The molecule has 0 spiro atoms. The first-order valence-corrected chi connectivity index (χ1v) is 7.30. The van der Waals surface area contributed by atoms with Gasteiger partial charge in [0.1, 0.15) is 0 Å². The van der Waals surface area contributed by atoms with Gasteiger partial charge in [-0.05, 0) is 32.9 Å². The smallest absolute Gasteiger partial charge is 0.219 e. The van der Waals surface area contributed by atoms with Crippen molar-refractivity contribution in [1.29, 1.82) is 0 Å². The van der Waals surface area contributed by atoms with Gasteiger partial charge in [0, 0.05) is 38.6 Å². The van der Waals surface area contributed by atoms with E-state index < -0.39 is 0 Å². The normalized spacial score (nSPS) is 19.3. The van der Waals surface area contributed by atoms with Crippen LogP contribution >= 0.6 is 0 Å². The molecule has 0 bridgehead atoms. The number of piperidine rings is 1. The summed E-state index contributed by atoms with van der Waals surface area (Å²) in [7, 11) is 0. The first kappa shape index (κ1) is 15.4. The Morgan fingerprint density at radius 3 is 2.33 bits per heavy atom. The highest BCUT2D eigenvalue weighted by molar-refractivity contribution is 5.73. The maximum atomic E-state index is 11.2. The van der Waals surface area contributed by atoms with E-state index >= 15 is 0 Å². The van der Waals surface area contributed by atoms with Gasteiger partial charge in [-0.25, -0.2) is 0 Å². The Hall–Kier alpha value is -0.610. The average Bonchev–Trinajstić information content (AvgIpc) is 2.36. The Labute approximate surface area is 112 Å². The highest BCUT2D eigenvalue weighted by Gasteiger charge is 2.21. The molecule has 1 atom stereocenters. The third kappa shape index (κ3) is 4.94. The molecule has 0 aliphatic carbocycles. The number of rotatable bonds is 6. The monoisotopic (exact) mass is 255 g/mol. The van der Waals surface area contributed by atoms with Crippen LogP contribution in [-0.4, -0.2) is 60.5 Å². The Morgan fingerprint density at radius 2 is 1.89 bits per heavy atom. The van der Waals surface area contributed by atoms with Crippen LogP contribution in [0.25, 0.3) is 0 Å². The highest BCUT2D eigenvalue weighted by Crippen LogP contribution is 2.11. The van der Waals surface area contributed by atoms with Crippen molar-refractivity contribution < 1.29 is 4.79 Å². The summed E-state index contributed by atoms with van der Waals surface area (Å²) in [5.41, 5.74) is 0. The Balaban J connectivity index is 2.25. The lowest BCUT2D eigenvalue weighted by atomic mass is 10.0. The van der Waals surface area contributed by atoms with E-state index in [-0.39, 0.29) is 5.91 Å². The van der Waals surface area contributed by atoms with Gasteiger partial charge in [-0.15, -0.1) is 0 Å². The molecule has 0 saturated carbocycles. The largest absolute Gasteiger partial charge is 0.343 e. The molecular formula is C14H29N3O. The van der Waals surface area contributed by atoms with Crippen LogP contribution in [0, 0.1) is 0 Å². The molecule has 1 saturated heterocycles. The van der Waals surface area contributed by atoms with E-state index in [1.165, 1.54) is 0 Å². The molecule has 1 rings (SSSR count). The maximum absolute atomic E-state index is 11.2. The van der Waals surface area contributed by atoms with E-state index in [1.807, 2.05) is 4.90 Å². The molecule has 1 aliphatic rings. The summed E-state index contributed by atoms with van der Waals surface area (Å²) in [5, 5.41) is 3.70. The lowest BCUT2D eigenvalue weighted by Gasteiger charge is -2.34. The van der Waals surface area contributed by atoms with Crippen molar-refractivity contribution in [2.24, 2.45) is 0 Å². The Kier molecular flexibility index (Phi) is 6.65. The highest BCUT2D eigenvalue weighted by atomic mass is 16.2. The van der Waals surface area contributed by atoms with Crippen LogP contribution in [0.4, 0.5) is 0 Å². The zero-order valence-corrected chi connectivity index (χ0v) is 12.4. The minimum atomic E-state index is 0.213. The number of likely N-dealkylation sites (N-methyl/N-ethyl adjacent to an activating group) is 1. The number of nitrogens with zero attached hydrogens (tertiary/aromatic N) is 2. The van der Waals surface area contributed by atoms with Crippen LogP contribution in [0.2, 0.25) is 0 Å². The van der Waals surface area contributed by atoms with E-state index in [1.54, 1.807) is 6.92 Å². The molecule has 1 aliphatic heterocycles. The second-order valence-corrected chi connectivity index (χ2v) is 5.33. The predicted molar refractivity (Wildman–Crippen MR) is 75.7 cm³/mol. The molecule has 0 radical (unpaired) electrons. The van der Waals surface area contributed by atoms with Crippen molar-refractivity contribution in [3.8, 4) is 0 Å². The predicted octanol–water partition coefficient (Wildman–Crippen LogP) is 1.32. The van der Waals surface area contributed by atoms with Gasteiger partial charge in [0.25, 0.3) is 0 Å². The molecule has 106 valence electrons. The standard InChI is InChI=1S/C14H29N3O/c1-5-16(6-2)11-12(3)15-14-7-9-17(10-8-14)13(4)18/h12,14-15H,5-11H2,1-4H3. The van der Waals surface area contributed by atoms with Crippen molar-refractivity contribution in [3.63, 3.8) is 0 Å². The minimum Gasteiger partial charge on any atom is -0.343 e. The molecule has 4 heteroatoms. The number of hydrogen-bond acceptors (Lipinski definition) is 3. The van der Waals surface area contributed by atoms with Crippen molar-refractivity contribution in [1.82, 2.24) is 15.1 Å². The number of carbonyl (C=O) groups is 1. The first-order chi connectivity index (χ1) is 8.56. The van der Waals surface area contributed by atoms with Crippen LogP contribution in [0.5, 0.6) is 0 Å². The van der Waals surface area contributed by atoms with Crippen LogP contribution < -0.4 is 5.32 Å². The fraction of sp³-hybridized carbons (Fsp3) is 0.929. The van der Waals surface area contributed by atoms with Gasteiger partial charge in [-0.3, -0.25) is 4.79 Å². The average molecular weight is 255 g/mol. The van der Waals surface area contributed by atoms with Crippen LogP contribution in [0.15, 0.2) is 0 Å². The van der Waals surface area contributed by atoms with Gasteiger partial charge in [0.15, 0.2) is 0 Å². The van der Waals surface area contributed by atoms with Crippen molar-refractivity contribution in [2.45, 2.75) is 52.6 Å². The lowest BCUT2D eigenvalue weighted by molar-refractivity contribution is -0.129. The van der Waals surface area contributed by atoms with Gasteiger partial charge in [0.2, 0.25) is 5.91 Å². The molecule has 1 unspecified atom stereocenters.